The lowest BCUT2D eigenvalue weighted by molar-refractivity contribution is 0.216. The maximum absolute atomic E-state index is 13.4. The highest BCUT2D eigenvalue weighted by molar-refractivity contribution is 5.70. The van der Waals surface area contributed by atoms with Crippen molar-refractivity contribution in [2.24, 2.45) is 0 Å². The lowest BCUT2D eigenvalue weighted by Gasteiger charge is -2.36. The van der Waals surface area contributed by atoms with E-state index in [4.69, 9.17) is 10.5 Å². The summed E-state index contributed by atoms with van der Waals surface area (Å²) in [6.07, 6.45) is 0. The predicted octanol–water partition coefficient (Wildman–Crippen LogP) is 1.62. The van der Waals surface area contributed by atoms with E-state index < -0.39 is 11.4 Å². The molecule has 0 aliphatic heterocycles. The highest BCUT2D eigenvalue weighted by atomic mass is 19.1. The molecule has 0 saturated carbocycles. The monoisotopic (exact) mass is 242 g/mol. The standard InChI is InChI=1S/C12H19FN2O2/c1-12(2,7-16)15(3)10-6-11(17-4)8(13)5-9(10)14/h5-6,16H,7,14H2,1-4H3. The molecule has 0 amide bonds. The Morgan fingerprint density at radius 3 is 2.53 bits per heavy atom. The molecule has 0 atom stereocenters. The number of nitrogen functional groups attached to an aromatic ring is 1. The molecule has 96 valence electrons. The van der Waals surface area contributed by atoms with Crippen LogP contribution in [0.25, 0.3) is 0 Å². The summed E-state index contributed by atoms with van der Waals surface area (Å²) in [6.45, 7) is 3.69. The Labute approximate surface area is 101 Å². The average Bonchev–Trinajstić information content (AvgIpc) is 2.28. The first kappa shape index (κ1) is 13.6. The number of hydrogen-bond donors (Lipinski definition) is 2. The predicted molar refractivity (Wildman–Crippen MR) is 66.9 cm³/mol. The quantitative estimate of drug-likeness (QED) is 0.788. The van der Waals surface area contributed by atoms with Crippen LogP contribution in [0, 0.1) is 5.82 Å². The summed E-state index contributed by atoms with van der Waals surface area (Å²) in [5, 5.41) is 9.31. The largest absolute Gasteiger partial charge is 0.494 e. The summed E-state index contributed by atoms with van der Waals surface area (Å²) < 4.78 is 18.3. The van der Waals surface area contributed by atoms with Crippen LogP contribution in [0.5, 0.6) is 5.75 Å². The minimum Gasteiger partial charge on any atom is -0.494 e. The number of nitrogens with two attached hydrogens (primary N) is 1. The van der Waals surface area contributed by atoms with Crippen molar-refractivity contribution in [2.45, 2.75) is 19.4 Å². The van der Waals surface area contributed by atoms with Crippen LogP contribution >= 0.6 is 0 Å². The molecule has 0 saturated heterocycles. The van der Waals surface area contributed by atoms with Crippen molar-refractivity contribution < 1.29 is 14.2 Å². The Balaban J connectivity index is 3.22. The SMILES string of the molecule is COc1cc(N(C)C(C)(C)CO)c(N)cc1F. The van der Waals surface area contributed by atoms with Crippen LogP contribution in [-0.2, 0) is 0 Å². The van der Waals surface area contributed by atoms with Crippen LogP contribution in [0.4, 0.5) is 15.8 Å². The van der Waals surface area contributed by atoms with E-state index in [9.17, 15) is 9.50 Å². The fourth-order valence-electron chi connectivity index (χ4n) is 1.44. The second-order valence-electron chi connectivity index (χ2n) is 4.58. The van der Waals surface area contributed by atoms with Crippen LogP contribution < -0.4 is 15.4 Å². The van der Waals surface area contributed by atoms with E-state index in [1.54, 1.807) is 11.9 Å². The van der Waals surface area contributed by atoms with E-state index in [1.807, 2.05) is 13.8 Å². The second-order valence-corrected chi connectivity index (χ2v) is 4.58. The molecule has 5 heteroatoms. The molecule has 0 aliphatic carbocycles. The number of benzene rings is 1. The van der Waals surface area contributed by atoms with Gasteiger partial charge in [-0.25, -0.2) is 4.39 Å². The van der Waals surface area contributed by atoms with Gasteiger partial charge >= 0.3 is 0 Å². The smallest absolute Gasteiger partial charge is 0.167 e. The molecule has 0 heterocycles. The van der Waals surface area contributed by atoms with Crippen molar-refractivity contribution in [3.05, 3.63) is 17.9 Å². The van der Waals surface area contributed by atoms with Crippen molar-refractivity contribution >= 4 is 11.4 Å². The minimum absolute atomic E-state index is 0.0391. The number of anilines is 2. The normalized spacial score (nSPS) is 11.4. The zero-order chi connectivity index (χ0) is 13.2. The first-order valence-corrected chi connectivity index (χ1v) is 5.31. The number of aliphatic hydroxyl groups excluding tert-OH is 1. The zero-order valence-electron chi connectivity index (χ0n) is 10.6. The lowest BCUT2D eigenvalue weighted by atomic mass is 10.0. The van der Waals surface area contributed by atoms with Crippen molar-refractivity contribution in [1.82, 2.24) is 0 Å². The third-order valence-electron chi connectivity index (χ3n) is 2.96. The molecule has 1 aromatic carbocycles. The van der Waals surface area contributed by atoms with E-state index in [-0.39, 0.29) is 12.4 Å². The summed E-state index contributed by atoms with van der Waals surface area (Å²) in [5.41, 5.74) is 6.23. The second kappa shape index (κ2) is 4.79. The Bertz CT molecular complexity index is 408. The van der Waals surface area contributed by atoms with Gasteiger partial charge in [0.15, 0.2) is 11.6 Å². The van der Waals surface area contributed by atoms with Crippen LogP contribution in [-0.4, -0.2) is 31.4 Å². The first-order chi connectivity index (χ1) is 7.83. The number of likely N-dealkylation sites (N-methyl/N-ethyl adjacent to an activating group) is 1. The summed E-state index contributed by atoms with van der Waals surface area (Å²) in [4.78, 5) is 1.80. The molecule has 0 spiro atoms. The number of nitrogens with zero attached hydrogens (tertiary/aromatic N) is 1. The van der Waals surface area contributed by atoms with Crippen molar-refractivity contribution in [1.29, 1.82) is 0 Å². The van der Waals surface area contributed by atoms with Crippen molar-refractivity contribution in [2.75, 3.05) is 31.4 Å². The molecule has 0 bridgehead atoms. The third-order valence-corrected chi connectivity index (χ3v) is 2.96. The molecule has 3 N–H and O–H groups in total. The molecular formula is C12H19FN2O2. The molecule has 1 aromatic rings. The van der Waals surface area contributed by atoms with Crippen molar-refractivity contribution in [3.63, 3.8) is 0 Å². The van der Waals surface area contributed by atoms with Crippen LogP contribution in [0.15, 0.2) is 12.1 Å². The van der Waals surface area contributed by atoms with Gasteiger partial charge in [0.05, 0.1) is 30.6 Å². The highest BCUT2D eigenvalue weighted by Crippen LogP contribution is 2.33. The fraction of sp³-hybridized carbons (Fsp3) is 0.500. The van der Waals surface area contributed by atoms with Gasteiger partial charge in [-0.3, -0.25) is 0 Å². The molecule has 0 radical (unpaired) electrons. The maximum Gasteiger partial charge on any atom is 0.167 e. The Morgan fingerprint density at radius 1 is 1.47 bits per heavy atom. The summed E-state index contributed by atoms with van der Waals surface area (Å²) in [5.74, 6) is -0.362. The van der Waals surface area contributed by atoms with Gasteiger partial charge in [0.1, 0.15) is 0 Å². The summed E-state index contributed by atoms with van der Waals surface area (Å²) in [7, 11) is 3.19. The Morgan fingerprint density at radius 2 is 2.06 bits per heavy atom. The average molecular weight is 242 g/mol. The van der Waals surface area contributed by atoms with E-state index in [2.05, 4.69) is 0 Å². The number of aliphatic hydroxyl groups is 1. The van der Waals surface area contributed by atoms with E-state index >= 15 is 0 Å². The minimum atomic E-state index is -0.496. The molecule has 0 fully saturated rings. The first-order valence-electron chi connectivity index (χ1n) is 5.31. The van der Waals surface area contributed by atoms with Gasteiger partial charge in [0.25, 0.3) is 0 Å². The molecule has 0 aliphatic rings. The highest BCUT2D eigenvalue weighted by Gasteiger charge is 2.25. The molecule has 1 rings (SSSR count). The van der Waals surface area contributed by atoms with Crippen molar-refractivity contribution in [3.8, 4) is 5.75 Å². The topological polar surface area (TPSA) is 58.7 Å². The maximum atomic E-state index is 13.4. The molecular weight excluding hydrogens is 223 g/mol. The van der Waals surface area contributed by atoms with Gasteiger partial charge in [-0.15, -0.1) is 0 Å². The van der Waals surface area contributed by atoms with Gasteiger partial charge in [-0.2, -0.15) is 0 Å². The Kier molecular flexibility index (Phi) is 3.83. The molecule has 4 nitrogen and oxygen atoms in total. The van der Waals surface area contributed by atoms with Crippen LogP contribution in [0.1, 0.15) is 13.8 Å². The van der Waals surface area contributed by atoms with Crippen LogP contribution in [0.2, 0.25) is 0 Å². The summed E-state index contributed by atoms with van der Waals surface area (Å²) >= 11 is 0. The third kappa shape index (κ3) is 2.61. The van der Waals surface area contributed by atoms with E-state index in [1.165, 1.54) is 19.2 Å². The van der Waals surface area contributed by atoms with Gasteiger partial charge in [-0.05, 0) is 13.8 Å². The molecule has 0 unspecified atom stereocenters. The molecule has 17 heavy (non-hydrogen) atoms. The number of ether oxygens (including phenoxy) is 1. The number of methoxy groups -OCH3 is 1. The van der Waals surface area contributed by atoms with E-state index in [0.717, 1.165) is 0 Å². The lowest BCUT2D eigenvalue weighted by Crippen LogP contribution is -2.44. The number of rotatable bonds is 4. The van der Waals surface area contributed by atoms with E-state index in [0.29, 0.717) is 11.4 Å². The number of halogens is 1. The van der Waals surface area contributed by atoms with Gasteiger partial charge in [0, 0.05) is 19.2 Å². The zero-order valence-corrected chi connectivity index (χ0v) is 10.6. The van der Waals surface area contributed by atoms with Gasteiger partial charge in [0.2, 0.25) is 0 Å². The Hall–Kier alpha value is -1.49. The van der Waals surface area contributed by atoms with Gasteiger partial charge < -0.3 is 20.5 Å². The van der Waals surface area contributed by atoms with Crippen LogP contribution in [0.3, 0.4) is 0 Å². The summed E-state index contributed by atoms with van der Waals surface area (Å²) in [6, 6.07) is 2.75. The molecule has 0 aromatic heterocycles. The van der Waals surface area contributed by atoms with Gasteiger partial charge in [-0.1, -0.05) is 0 Å². The fourth-order valence-corrected chi connectivity index (χ4v) is 1.44. The number of hydrogen-bond acceptors (Lipinski definition) is 4.